The summed E-state index contributed by atoms with van der Waals surface area (Å²) in [6.45, 7) is 9.22. The second-order valence-corrected chi connectivity index (χ2v) is 6.49. The Kier molecular flexibility index (Phi) is 5.05. The van der Waals surface area contributed by atoms with Crippen molar-refractivity contribution >= 4 is 0 Å². The minimum atomic E-state index is 0.567. The molecule has 1 aliphatic carbocycles. The Balaban J connectivity index is 1.79. The number of hydrogen-bond acceptors (Lipinski definition) is 3. The van der Waals surface area contributed by atoms with Crippen LogP contribution < -0.4 is 5.32 Å². The topological polar surface area (TPSA) is 24.5 Å². The van der Waals surface area contributed by atoms with Crippen LogP contribution in [0.3, 0.4) is 0 Å². The van der Waals surface area contributed by atoms with E-state index in [2.05, 4.69) is 24.1 Å². The Bertz CT molecular complexity index is 245. The van der Waals surface area contributed by atoms with Gasteiger partial charge in [0.2, 0.25) is 0 Å². The predicted octanol–water partition coefficient (Wildman–Crippen LogP) is 2.27. The molecule has 1 unspecified atom stereocenters. The molecule has 2 fully saturated rings. The molecule has 3 heteroatoms. The average molecular weight is 254 g/mol. The van der Waals surface area contributed by atoms with Crippen molar-refractivity contribution in [3.63, 3.8) is 0 Å². The van der Waals surface area contributed by atoms with E-state index in [4.69, 9.17) is 4.74 Å². The van der Waals surface area contributed by atoms with Crippen LogP contribution in [0.25, 0.3) is 0 Å². The molecule has 1 N–H and O–H groups in total. The van der Waals surface area contributed by atoms with Gasteiger partial charge in [0.15, 0.2) is 0 Å². The van der Waals surface area contributed by atoms with Crippen molar-refractivity contribution in [3.05, 3.63) is 0 Å². The zero-order valence-electron chi connectivity index (χ0n) is 12.4. The maximum absolute atomic E-state index is 5.41. The lowest BCUT2D eigenvalue weighted by Gasteiger charge is -2.42. The molecule has 1 atom stereocenters. The highest BCUT2D eigenvalue weighted by Crippen LogP contribution is 2.34. The van der Waals surface area contributed by atoms with Crippen LogP contribution >= 0.6 is 0 Å². The summed E-state index contributed by atoms with van der Waals surface area (Å²) in [4.78, 5) is 2.64. The molecule has 1 saturated carbocycles. The van der Waals surface area contributed by atoms with Crippen molar-refractivity contribution in [2.24, 2.45) is 5.41 Å². The van der Waals surface area contributed by atoms with Gasteiger partial charge in [-0.05, 0) is 44.2 Å². The van der Waals surface area contributed by atoms with Gasteiger partial charge in [-0.25, -0.2) is 0 Å². The zero-order valence-corrected chi connectivity index (χ0v) is 12.4. The molecule has 1 aliphatic heterocycles. The summed E-state index contributed by atoms with van der Waals surface area (Å²) in [5, 5.41) is 3.65. The van der Waals surface area contributed by atoms with Crippen LogP contribution in [0.1, 0.15) is 46.0 Å². The van der Waals surface area contributed by atoms with E-state index in [1.165, 1.54) is 45.2 Å². The van der Waals surface area contributed by atoms with Crippen LogP contribution in [0.2, 0.25) is 0 Å². The number of rotatable bonds is 7. The number of methoxy groups -OCH3 is 1. The van der Waals surface area contributed by atoms with Gasteiger partial charge in [-0.3, -0.25) is 4.90 Å². The zero-order chi connectivity index (χ0) is 13.0. The number of piperidine rings is 1. The highest BCUT2D eigenvalue weighted by atomic mass is 16.5. The number of nitrogens with zero attached hydrogens (tertiary/aromatic N) is 1. The lowest BCUT2D eigenvalue weighted by atomic mass is 9.78. The van der Waals surface area contributed by atoms with E-state index in [-0.39, 0.29) is 0 Å². The van der Waals surface area contributed by atoms with Gasteiger partial charge in [0.05, 0.1) is 6.61 Å². The molecule has 2 rings (SSSR count). The summed E-state index contributed by atoms with van der Waals surface area (Å²) in [6.07, 6.45) is 6.73. The Morgan fingerprint density at radius 3 is 2.50 bits per heavy atom. The predicted molar refractivity (Wildman–Crippen MR) is 75.9 cm³/mol. The molecule has 0 radical (unpaired) electrons. The van der Waals surface area contributed by atoms with E-state index in [0.717, 1.165) is 19.2 Å². The Labute approximate surface area is 112 Å². The van der Waals surface area contributed by atoms with Crippen LogP contribution in [-0.4, -0.2) is 50.3 Å². The lowest BCUT2D eigenvalue weighted by Crippen LogP contribution is -2.50. The smallest absolute Gasteiger partial charge is 0.0630 e. The molecule has 1 heterocycles. The van der Waals surface area contributed by atoms with Crippen molar-refractivity contribution in [1.82, 2.24) is 10.2 Å². The van der Waals surface area contributed by atoms with Crippen molar-refractivity contribution in [3.8, 4) is 0 Å². The summed E-state index contributed by atoms with van der Waals surface area (Å²) in [7, 11) is 1.82. The van der Waals surface area contributed by atoms with Gasteiger partial charge < -0.3 is 10.1 Å². The Morgan fingerprint density at radius 1 is 1.33 bits per heavy atom. The van der Waals surface area contributed by atoms with Gasteiger partial charge in [-0.1, -0.05) is 20.3 Å². The minimum absolute atomic E-state index is 0.567. The van der Waals surface area contributed by atoms with Gasteiger partial charge in [-0.2, -0.15) is 0 Å². The molecule has 0 spiro atoms. The molecule has 0 amide bonds. The van der Waals surface area contributed by atoms with Crippen LogP contribution in [-0.2, 0) is 4.74 Å². The third-order valence-electron chi connectivity index (χ3n) is 4.95. The number of nitrogens with one attached hydrogen (secondary N) is 1. The highest BCUT2D eigenvalue weighted by Gasteiger charge is 2.32. The number of hydrogen-bond donors (Lipinski definition) is 1. The second-order valence-electron chi connectivity index (χ2n) is 6.49. The minimum Gasteiger partial charge on any atom is -0.383 e. The fraction of sp³-hybridized carbons (Fsp3) is 1.00. The van der Waals surface area contributed by atoms with E-state index in [1.54, 1.807) is 0 Å². The van der Waals surface area contributed by atoms with Gasteiger partial charge in [0, 0.05) is 25.7 Å². The van der Waals surface area contributed by atoms with Crippen molar-refractivity contribution < 1.29 is 4.74 Å². The van der Waals surface area contributed by atoms with Crippen LogP contribution in [0, 0.1) is 5.41 Å². The van der Waals surface area contributed by atoms with Crippen molar-refractivity contribution in [2.75, 3.05) is 33.4 Å². The Hall–Kier alpha value is -0.120. The largest absolute Gasteiger partial charge is 0.383 e. The van der Waals surface area contributed by atoms with E-state index >= 15 is 0 Å². The summed E-state index contributed by atoms with van der Waals surface area (Å²) >= 11 is 0. The summed E-state index contributed by atoms with van der Waals surface area (Å²) < 4.78 is 5.41. The SMILES string of the molecule is CCC1(C)CCN(C(CNC2CC2)COC)CC1. The molecule has 18 heavy (non-hydrogen) atoms. The number of ether oxygens (including phenoxy) is 1. The van der Waals surface area contributed by atoms with Crippen LogP contribution in [0.15, 0.2) is 0 Å². The molecule has 3 nitrogen and oxygen atoms in total. The van der Waals surface area contributed by atoms with E-state index < -0.39 is 0 Å². The molecule has 0 bridgehead atoms. The molecule has 106 valence electrons. The molecule has 0 aromatic heterocycles. The monoisotopic (exact) mass is 254 g/mol. The standard InChI is InChI=1S/C15H30N2O/c1-4-15(2)7-9-17(10-8-15)14(12-18-3)11-16-13-5-6-13/h13-14,16H,4-12H2,1-3H3. The van der Waals surface area contributed by atoms with E-state index in [1.807, 2.05) is 7.11 Å². The summed E-state index contributed by atoms with van der Waals surface area (Å²) in [6, 6.07) is 1.37. The van der Waals surface area contributed by atoms with Gasteiger partial charge in [-0.15, -0.1) is 0 Å². The molecule has 0 aromatic carbocycles. The first kappa shape index (κ1) is 14.3. The van der Waals surface area contributed by atoms with Crippen LogP contribution in [0.5, 0.6) is 0 Å². The van der Waals surface area contributed by atoms with E-state index in [9.17, 15) is 0 Å². The molecular formula is C15H30N2O. The van der Waals surface area contributed by atoms with Gasteiger partial charge >= 0.3 is 0 Å². The first-order chi connectivity index (χ1) is 8.67. The molecule has 2 aliphatic rings. The highest BCUT2D eigenvalue weighted by molar-refractivity contribution is 4.88. The molecule has 0 aromatic rings. The lowest BCUT2D eigenvalue weighted by molar-refractivity contribution is 0.0399. The normalized spacial score (nSPS) is 26.2. The summed E-state index contributed by atoms with van der Waals surface area (Å²) in [5.41, 5.74) is 0.581. The molecule has 1 saturated heterocycles. The summed E-state index contributed by atoms with van der Waals surface area (Å²) in [5.74, 6) is 0. The fourth-order valence-electron chi connectivity index (χ4n) is 2.86. The van der Waals surface area contributed by atoms with Crippen molar-refractivity contribution in [2.45, 2.75) is 58.0 Å². The number of likely N-dealkylation sites (tertiary alicyclic amines) is 1. The maximum atomic E-state index is 5.41. The fourth-order valence-corrected chi connectivity index (χ4v) is 2.86. The quantitative estimate of drug-likeness (QED) is 0.754. The average Bonchev–Trinajstić information content (AvgIpc) is 3.20. The van der Waals surface area contributed by atoms with Crippen molar-refractivity contribution in [1.29, 1.82) is 0 Å². The van der Waals surface area contributed by atoms with Gasteiger partial charge in [0.1, 0.15) is 0 Å². The second kappa shape index (κ2) is 6.36. The van der Waals surface area contributed by atoms with Crippen LogP contribution in [0.4, 0.5) is 0 Å². The first-order valence-electron chi connectivity index (χ1n) is 7.63. The van der Waals surface area contributed by atoms with Gasteiger partial charge in [0.25, 0.3) is 0 Å². The maximum Gasteiger partial charge on any atom is 0.0630 e. The third kappa shape index (κ3) is 3.94. The molecular weight excluding hydrogens is 224 g/mol. The Morgan fingerprint density at radius 2 is 2.00 bits per heavy atom. The first-order valence-corrected chi connectivity index (χ1v) is 7.63. The third-order valence-corrected chi connectivity index (χ3v) is 4.95. The van der Waals surface area contributed by atoms with E-state index in [0.29, 0.717) is 11.5 Å².